The summed E-state index contributed by atoms with van der Waals surface area (Å²) in [4.78, 5) is 10.8. The fraction of sp³-hybridized carbons (Fsp3) is 0.364. The zero-order chi connectivity index (χ0) is 12.8. The van der Waals surface area contributed by atoms with E-state index in [0.717, 1.165) is 10.6 Å². The first-order chi connectivity index (χ1) is 8.08. The van der Waals surface area contributed by atoms with Gasteiger partial charge in [0.05, 0.1) is 10.5 Å². The van der Waals surface area contributed by atoms with E-state index in [1.165, 1.54) is 23.9 Å². The molecule has 0 aromatic heterocycles. The third-order valence-corrected chi connectivity index (χ3v) is 4.01. The van der Waals surface area contributed by atoms with Crippen LogP contribution in [0.15, 0.2) is 23.1 Å². The fourth-order valence-electron chi connectivity index (χ4n) is 1.12. The SMILES string of the molecule is CC(CCl)CSc1ccc([N+](=O)[O-])cc1C#N. The van der Waals surface area contributed by atoms with E-state index in [1.54, 1.807) is 6.07 Å². The van der Waals surface area contributed by atoms with Crippen LogP contribution in [0.1, 0.15) is 12.5 Å². The summed E-state index contributed by atoms with van der Waals surface area (Å²) in [5.74, 6) is 1.68. The van der Waals surface area contributed by atoms with E-state index in [4.69, 9.17) is 16.9 Å². The van der Waals surface area contributed by atoms with Gasteiger partial charge >= 0.3 is 0 Å². The molecular weight excluding hydrogens is 260 g/mol. The molecule has 1 aromatic carbocycles. The van der Waals surface area contributed by atoms with Gasteiger partial charge in [-0.2, -0.15) is 5.26 Å². The first-order valence-electron chi connectivity index (χ1n) is 4.95. The Balaban J connectivity index is 2.87. The number of benzene rings is 1. The Labute approximate surface area is 109 Å². The van der Waals surface area contributed by atoms with E-state index in [-0.39, 0.29) is 5.69 Å². The van der Waals surface area contributed by atoms with Crippen LogP contribution in [-0.2, 0) is 0 Å². The van der Waals surface area contributed by atoms with Crippen molar-refractivity contribution in [1.82, 2.24) is 0 Å². The van der Waals surface area contributed by atoms with Crippen molar-refractivity contribution in [2.24, 2.45) is 5.92 Å². The van der Waals surface area contributed by atoms with Gasteiger partial charge in [0.15, 0.2) is 0 Å². The smallest absolute Gasteiger partial charge is 0.258 e. The number of rotatable bonds is 5. The molecule has 1 aromatic rings. The van der Waals surface area contributed by atoms with Crippen LogP contribution in [0.25, 0.3) is 0 Å². The predicted molar refractivity (Wildman–Crippen MR) is 68.4 cm³/mol. The zero-order valence-electron chi connectivity index (χ0n) is 9.22. The molecule has 0 N–H and O–H groups in total. The van der Waals surface area contributed by atoms with Crippen molar-refractivity contribution in [3.8, 4) is 6.07 Å². The van der Waals surface area contributed by atoms with Gasteiger partial charge in [-0.05, 0) is 12.0 Å². The molecule has 0 fully saturated rings. The van der Waals surface area contributed by atoms with E-state index < -0.39 is 4.92 Å². The third-order valence-electron chi connectivity index (χ3n) is 2.08. The molecule has 0 aliphatic carbocycles. The average molecular weight is 271 g/mol. The lowest BCUT2D eigenvalue weighted by atomic mass is 10.2. The summed E-state index contributed by atoms with van der Waals surface area (Å²) < 4.78 is 0. The summed E-state index contributed by atoms with van der Waals surface area (Å²) in [6.45, 7) is 2.01. The molecule has 1 unspecified atom stereocenters. The second kappa shape index (κ2) is 6.48. The molecule has 0 saturated carbocycles. The summed E-state index contributed by atoms with van der Waals surface area (Å²) in [6, 6.07) is 6.30. The van der Waals surface area contributed by atoms with E-state index in [1.807, 2.05) is 13.0 Å². The van der Waals surface area contributed by atoms with Gasteiger partial charge in [-0.15, -0.1) is 23.4 Å². The normalized spacial score (nSPS) is 11.8. The first-order valence-corrected chi connectivity index (χ1v) is 6.47. The highest BCUT2D eigenvalue weighted by molar-refractivity contribution is 7.99. The zero-order valence-corrected chi connectivity index (χ0v) is 10.8. The Morgan fingerprint density at radius 3 is 2.88 bits per heavy atom. The van der Waals surface area contributed by atoms with Crippen molar-refractivity contribution in [3.05, 3.63) is 33.9 Å². The van der Waals surface area contributed by atoms with Gasteiger partial charge in [-0.25, -0.2) is 0 Å². The first kappa shape index (κ1) is 13.8. The molecule has 0 radical (unpaired) electrons. The van der Waals surface area contributed by atoms with Crippen molar-refractivity contribution in [2.45, 2.75) is 11.8 Å². The van der Waals surface area contributed by atoms with Gasteiger partial charge in [0.2, 0.25) is 0 Å². The molecule has 0 aliphatic heterocycles. The number of nitro benzene ring substituents is 1. The number of alkyl halides is 1. The number of nitro groups is 1. The molecule has 6 heteroatoms. The molecule has 0 heterocycles. The summed E-state index contributed by atoms with van der Waals surface area (Å²) >= 11 is 7.19. The second-order valence-electron chi connectivity index (χ2n) is 3.62. The minimum absolute atomic E-state index is 0.0590. The number of thioether (sulfide) groups is 1. The monoisotopic (exact) mass is 270 g/mol. The number of non-ortho nitro benzene ring substituents is 1. The topological polar surface area (TPSA) is 66.9 Å². The van der Waals surface area contributed by atoms with Gasteiger partial charge in [-0.3, -0.25) is 10.1 Å². The lowest BCUT2D eigenvalue weighted by Crippen LogP contribution is -1.99. The highest BCUT2D eigenvalue weighted by atomic mass is 35.5. The Kier molecular flexibility index (Phi) is 5.26. The Hall–Kier alpha value is -1.25. The van der Waals surface area contributed by atoms with E-state index >= 15 is 0 Å². The average Bonchev–Trinajstić information content (AvgIpc) is 2.35. The summed E-state index contributed by atoms with van der Waals surface area (Å²) in [7, 11) is 0. The van der Waals surface area contributed by atoms with Gasteiger partial charge < -0.3 is 0 Å². The minimum atomic E-state index is -0.503. The second-order valence-corrected chi connectivity index (χ2v) is 4.99. The van der Waals surface area contributed by atoms with Crippen LogP contribution >= 0.6 is 23.4 Å². The quantitative estimate of drug-likeness (QED) is 0.356. The van der Waals surface area contributed by atoms with Crippen LogP contribution in [0.3, 0.4) is 0 Å². The van der Waals surface area contributed by atoms with Gasteiger partial charge in [-0.1, -0.05) is 6.92 Å². The highest BCUT2D eigenvalue weighted by Crippen LogP contribution is 2.27. The van der Waals surface area contributed by atoms with Crippen molar-refractivity contribution < 1.29 is 4.92 Å². The molecule has 0 amide bonds. The maximum absolute atomic E-state index is 10.6. The van der Waals surface area contributed by atoms with E-state index in [0.29, 0.717) is 17.4 Å². The van der Waals surface area contributed by atoms with Crippen molar-refractivity contribution in [3.63, 3.8) is 0 Å². The van der Waals surface area contributed by atoms with Crippen molar-refractivity contribution in [1.29, 1.82) is 5.26 Å². The van der Waals surface area contributed by atoms with E-state index in [2.05, 4.69) is 0 Å². The molecule has 17 heavy (non-hydrogen) atoms. The number of nitriles is 1. The molecule has 90 valence electrons. The molecule has 4 nitrogen and oxygen atoms in total. The predicted octanol–water partition coefficient (Wildman–Crippen LogP) is 3.43. The molecule has 0 saturated heterocycles. The van der Waals surface area contributed by atoms with Crippen LogP contribution in [-0.4, -0.2) is 16.6 Å². The van der Waals surface area contributed by atoms with Crippen molar-refractivity contribution in [2.75, 3.05) is 11.6 Å². The highest BCUT2D eigenvalue weighted by Gasteiger charge is 2.11. The maximum Gasteiger partial charge on any atom is 0.270 e. The van der Waals surface area contributed by atoms with Gasteiger partial charge in [0.1, 0.15) is 6.07 Å². The summed E-state index contributed by atoms with van der Waals surface area (Å²) in [5, 5.41) is 19.5. The standard InChI is InChI=1S/C11H11ClN2O2S/c1-8(5-12)7-17-11-3-2-10(14(15)16)4-9(11)6-13/h2-4,8H,5,7H2,1H3. The number of hydrogen-bond acceptors (Lipinski definition) is 4. The van der Waals surface area contributed by atoms with Crippen molar-refractivity contribution >= 4 is 29.1 Å². The summed E-state index contributed by atoms with van der Waals surface area (Å²) in [6.07, 6.45) is 0. The number of nitrogens with zero attached hydrogens (tertiary/aromatic N) is 2. The Bertz CT molecular complexity index is 459. The van der Waals surface area contributed by atoms with Crippen LogP contribution in [0.2, 0.25) is 0 Å². The molecule has 0 spiro atoms. The van der Waals surface area contributed by atoms with Crippen LogP contribution in [0, 0.1) is 27.4 Å². The van der Waals surface area contributed by atoms with Gasteiger partial charge in [0, 0.05) is 28.7 Å². The lowest BCUT2D eigenvalue weighted by Gasteiger charge is -2.07. The van der Waals surface area contributed by atoms with E-state index in [9.17, 15) is 10.1 Å². The molecule has 0 aliphatic rings. The number of halogens is 1. The minimum Gasteiger partial charge on any atom is -0.258 e. The molecule has 1 rings (SSSR count). The van der Waals surface area contributed by atoms with Crippen LogP contribution < -0.4 is 0 Å². The fourth-order valence-corrected chi connectivity index (χ4v) is 2.37. The third kappa shape index (κ3) is 3.91. The molecule has 1 atom stereocenters. The largest absolute Gasteiger partial charge is 0.270 e. The number of hydrogen-bond donors (Lipinski definition) is 0. The Morgan fingerprint density at radius 1 is 1.65 bits per heavy atom. The molecule has 0 bridgehead atoms. The van der Waals surface area contributed by atoms with Gasteiger partial charge in [0.25, 0.3) is 5.69 Å². The molecular formula is C11H11ClN2O2S. The maximum atomic E-state index is 10.6. The van der Waals surface area contributed by atoms with Crippen LogP contribution in [0.4, 0.5) is 5.69 Å². The van der Waals surface area contributed by atoms with Crippen LogP contribution in [0.5, 0.6) is 0 Å². The Morgan fingerprint density at radius 2 is 2.35 bits per heavy atom. The lowest BCUT2D eigenvalue weighted by molar-refractivity contribution is -0.384. The summed E-state index contributed by atoms with van der Waals surface area (Å²) in [5.41, 5.74) is 0.280.